The van der Waals surface area contributed by atoms with Gasteiger partial charge in [-0.1, -0.05) is 30.3 Å². The Hall–Kier alpha value is -1.77. The third-order valence-electron chi connectivity index (χ3n) is 2.03. The predicted octanol–water partition coefficient (Wildman–Crippen LogP) is 1.66. The van der Waals surface area contributed by atoms with Gasteiger partial charge < -0.3 is 0 Å². The molecule has 0 saturated carbocycles. The second-order valence-electron chi connectivity index (χ2n) is 3.04. The van der Waals surface area contributed by atoms with E-state index >= 15 is 0 Å². The number of nitrogens with zero attached hydrogens (tertiary/aromatic N) is 3. The molecule has 0 aliphatic carbocycles. The first-order valence-electron chi connectivity index (χ1n) is 4.60. The van der Waals surface area contributed by atoms with Crippen LogP contribution in [0.1, 0.15) is 11.4 Å². The molecule has 0 fully saturated rings. The van der Waals surface area contributed by atoms with Crippen molar-refractivity contribution in [3.63, 3.8) is 0 Å². The van der Waals surface area contributed by atoms with Crippen LogP contribution < -0.4 is 0 Å². The zero-order chi connectivity index (χ0) is 9.64. The molecule has 0 N–H and O–H groups in total. The van der Waals surface area contributed by atoms with Crippen LogP contribution in [0.15, 0.2) is 43.0 Å². The van der Waals surface area contributed by atoms with Gasteiger partial charge in [0.2, 0.25) is 0 Å². The minimum absolute atomic E-state index is 0.851. The minimum atomic E-state index is 0.851. The highest BCUT2D eigenvalue weighted by Gasteiger charge is 1.96. The van der Waals surface area contributed by atoms with Crippen molar-refractivity contribution in [1.29, 1.82) is 0 Å². The first kappa shape index (κ1) is 8.81. The summed E-state index contributed by atoms with van der Waals surface area (Å²) >= 11 is 0. The second-order valence-corrected chi connectivity index (χ2v) is 3.04. The van der Waals surface area contributed by atoms with Crippen LogP contribution in [-0.2, 0) is 12.8 Å². The molecule has 0 amide bonds. The molecular weight excluding hydrogens is 174 g/mol. The number of aromatic nitrogens is 3. The largest absolute Gasteiger partial charge is 0.225 e. The Morgan fingerprint density at radius 2 is 1.57 bits per heavy atom. The van der Waals surface area contributed by atoms with E-state index in [9.17, 15) is 0 Å². The zero-order valence-electron chi connectivity index (χ0n) is 7.80. The first-order chi connectivity index (χ1) is 6.95. The van der Waals surface area contributed by atoms with Crippen molar-refractivity contribution < 1.29 is 0 Å². The third-order valence-corrected chi connectivity index (χ3v) is 2.03. The lowest BCUT2D eigenvalue weighted by Crippen LogP contribution is -1.97. The Bertz CT molecular complexity index is 333. The predicted molar refractivity (Wildman–Crippen MR) is 53.7 cm³/mol. The second kappa shape index (κ2) is 4.46. The summed E-state index contributed by atoms with van der Waals surface area (Å²) < 4.78 is 0. The van der Waals surface area contributed by atoms with Crippen molar-refractivity contribution in [3.05, 3.63) is 54.4 Å². The average Bonchev–Trinajstić information content (AvgIpc) is 2.29. The molecule has 3 nitrogen and oxygen atoms in total. The van der Waals surface area contributed by atoms with Crippen molar-refractivity contribution in [3.8, 4) is 0 Å². The van der Waals surface area contributed by atoms with E-state index in [2.05, 4.69) is 27.1 Å². The maximum absolute atomic E-state index is 4.07. The Morgan fingerprint density at radius 1 is 0.857 bits per heavy atom. The van der Waals surface area contributed by atoms with Crippen LogP contribution in [0.2, 0.25) is 0 Å². The van der Waals surface area contributed by atoms with E-state index < -0.39 is 0 Å². The topological polar surface area (TPSA) is 38.7 Å². The summed E-state index contributed by atoms with van der Waals surface area (Å²) in [4.78, 5) is 11.9. The number of hydrogen-bond acceptors (Lipinski definition) is 3. The average molecular weight is 185 g/mol. The van der Waals surface area contributed by atoms with Crippen molar-refractivity contribution in [2.45, 2.75) is 12.8 Å². The maximum atomic E-state index is 4.07. The molecule has 2 aromatic rings. The molecule has 0 spiro atoms. The fraction of sp³-hybridized carbons (Fsp3) is 0.182. The van der Waals surface area contributed by atoms with Crippen LogP contribution in [0.25, 0.3) is 0 Å². The van der Waals surface area contributed by atoms with Crippen molar-refractivity contribution >= 4 is 0 Å². The van der Waals surface area contributed by atoms with Gasteiger partial charge in [-0.25, -0.2) is 15.0 Å². The van der Waals surface area contributed by atoms with Gasteiger partial charge in [-0.3, -0.25) is 0 Å². The molecule has 1 aromatic carbocycles. The third kappa shape index (κ3) is 2.36. The first-order valence-corrected chi connectivity index (χ1v) is 4.60. The Balaban J connectivity index is 1.96. The van der Waals surface area contributed by atoms with Gasteiger partial charge >= 0.3 is 0 Å². The highest BCUT2D eigenvalue weighted by atomic mass is 15.0. The summed E-state index contributed by atoms with van der Waals surface area (Å²) in [5, 5.41) is 0. The van der Waals surface area contributed by atoms with E-state index in [0.29, 0.717) is 0 Å². The smallest absolute Gasteiger partial charge is 0.132 e. The van der Waals surface area contributed by atoms with Crippen LogP contribution in [0, 0.1) is 0 Å². The Labute approximate surface area is 82.9 Å². The lowest BCUT2D eigenvalue weighted by atomic mass is 10.1. The number of rotatable bonds is 3. The molecule has 3 heteroatoms. The van der Waals surface area contributed by atoms with Gasteiger partial charge in [0.05, 0.1) is 0 Å². The highest BCUT2D eigenvalue weighted by Crippen LogP contribution is 2.02. The summed E-state index contributed by atoms with van der Waals surface area (Å²) in [6.07, 6.45) is 4.91. The van der Waals surface area contributed by atoms with E-state index in [1.54, 1.807) is 0 Å². The van der Waals surface area contributed by atoms with Crippen LogP contribution in [-0.4, -0.2) is 15.0 Å². The number of hydrogen-bond donors (Lipinski definition) is 0. The van der Waals surface area contributed by atoms with Crippen molar-refractivity contribution in [2.24, 2.45) is 0 Å². The zero-order valence-corrected chi connectivity index (χ0v) is 7.80. The number of aryl methyl sites for hydroxylation is 2. The van der Waals surface area contributed by atoms with Gasteiger partial charge in [-0.15, -0.1) is 0 Å². The van der Waals surface area contributed by atoms with Gasteiger partial charge in [-0.05, 0) is 12.0 Å². The SMILES string of the molecule is c1ccc(CCc2ncncn2)cc1. The van der Waals surface area contributed by atoms with Crippen molar-refractivity contribution in [1.82, 2.24) is 15.0 Å². The van der Waals surface area contributed by atoms with Crippen LogP contribution in [0.5, 0.6) is 0 Å². The molecule has 1 aromatic heterocycles. The monoisotopic (exact) mass is 185 g/mol. The molecular formula is C11H11N3. The Morgan fingerprint density at radius 3 is 2.29 bits per heavy atom. The molecule has 1 heterocycles. The molecule has 0 saturated heterocycles. The molecule has 0 atom stereocenters. The maximum Gasteiger partial charge on any atom is 0.132 e. The summed E-state index contributed by atoms with van der Waals surface area (Å²) in [6.45, 7) is 0. The molecule has 70 valence electrons. The van der Waals surface area contributed by atoms with Gasteiger partial charge in [0.15, 0.2) is 0 Å². The van der Waals surface area contributed by atoms with Crippen LogP contribution in [0.3, 0.4) is 0 Å². The van der Waals surface area contributed by atoms with Gasteiger partial charge in [0.25, 0.3) is 0 Å². The van der Waals surface area contributed by atoms with E-state index in [1.807, 2.05) is 18.2 Å². The summed E-state index contributed by atoms with van der Waals surface area (Å²) in [6, 6.07) is 10.3. The number of benzene rings is 1. The van der Waals surface area contributed by atoms with Crippen molar-refractivity contribution in [2.75, 3.05) is 0 Å². The molecule has 2 rings (SSSR count). The lowest BCUT2D eigenvalue weighted by Gasteiger charge is -1.99. The van der Waals surface area contributed by atoms with Crippen LogP contribution in [0.4, 0.5) is 0 Å². The highest BCUT2D eigenvalue weighted by molar-refractivity contribution is 5.15. The Kier molecular flexibility index (Phi) is 2.81. The standard InChI is InChI=1S/C11H11N3/c1-2-4-10(5-3-1)6-7-11-13-8-12-9-14-11/h1-5,8-9H,6-7H2. The molecule has 0 radical (unpaired) electrons. The van der Waals surface area contributed by atoms with E-state index in [0.717, 1.165) is 18.7 Å². The van der Waals surface area contributed by atoms with Crippen LogP contribution >= 0.6 is 0 Å². The summed E-state index contributed by atoms with van der Waals surface area (Å²) in [7, 11) is 0. The van der Waals surface area contributed by atoms with Gasteiger partial charge in [0, 0.05) is 6.42 Å². The molecule has 0 unspecified atom stereocenters. The van der Waals surface area contributed by atoms with E-state index in [-0.39, 0.29) is 0 Å². The summed E-state index contributed by atoms with van der Waals surface area (Å²) in [5.74, 6) is 0.851. The van der Waals surface area contributed by atoms with E-state index in [4.69, 9.17) is 0 Å². The fourth-order valence-corrected chi connectivity index (χ4v) is 1.29. The molecule has 0 bridgehead atoms. The summed E-state index contributed by atoms with van der Waals surface area (Å²) in [5.41, 5.74) is 1.31. The van der Waals surface area contributed by atoms with E-state index in [1.165, 1.54) is 18.2 Å². The molecule has 0 aliphatic heterocycles. The van der Waals surface area contributed by atoms with Gasteiger partial charge in [-0.2, -0.15) is 0 Å². The lowest BCUT2D eigenvalue weighted by molar-refractivity contribution is 0.835. The molecule has 14 heavy (non-hydrogen) atoms. The quantitative estimate of drug-likeness (QED) is 0.730. The normalized spacial score (nSPS) is 10.0. The molecule has 0 aliphatic rings. The fourth-order valence-electron chi connectivity index (χ4n) is 1.29. The van der Waals surface area contributed by atoms with Gasteiger partial charge in [0.1, 0.15) is 18.5 Å². The minimum Gasteiger partial charge on any atom is -0.225 e.